The lowest BCUT2D eigenvalue weighted by molar-refractivity contribution is 0.0327. The molecule has 3 heterocycles. The van der Waals surface area contributed by atoms with Crippen molar-refractivity contribution in [3.8, 4) is 0 Å². The molecule has 0 aromatic carbocycles. The van der Waals surface area contributed by atoms with Gasteiger partial charge in [-0.15, -0.1) is 0 Å². The molecule has 0 radical (unpaired) electrons. The maximum atomic E-state index is 12.8. The number of aromatic nitrogens is 2. The molecule has 0 unspecified atom stereocenters. The molecule has 7 nitrogen and oxygen atoms in total. The molecule has 0 spiro atoms. The molecule has 2 aliphatic rings. The highest BCUT2D eigenvalue weighted by molar-refractivity contribution is 7.91. The van der Waals surface area contributed by atoms with Crippen LogP contribution in [0.2, 0.25) is 0 Å². The highest BCUT2D eigenvalue weighted by atomic mass is 32.2. The Labute approximate surface area is 137 Å². The van der Waals surface area contributed by atoms with Gasteiger partial charge in [-0.05, 0) is 26.0 Å². The van der Waals surface area contributed by atoms with Gasteiger partial charge in [0.2, 0.25) is 0 Å². The molecule has 23 heavy (non-hydrogen) atoms. The number of aryl methyl sites for hydroxylation is 1. The fourth-order valence-corrected chi connectivity index (χ4v) is 5.65. The molecular formula is C15H24N4O3S. The zero-order valence-corrected chi connectivity index (χ0v) is 14.5. The van der Waals surface area contributed by atoms with Gasteiger partial charge in [0.05, 0.1) is 17.5 Å². The zero-order valence-electron chi connectivity index (χ0n) is 13.7. The van der Waals surface area contributed by atoms with Gasteiger partial charge in [-0.2, -0.15) is 5.10 Å². The van der Waals surface area contributed by atoms with E-state index in [0.29, 0.717) is 18.8 Å². The normalized spacial score (nSPS) is 27.1. The predicted molar refractivity (Wildman–Crippen MR) is 87.0 cm³/mol. The average molecular weight is 340 g/mol. The first-order valence-electron chi connectivity index (χ1n) is 8.24. The Hall–Kier alpha value is -1.41. The summed E-state index contributed by atoms with van der Waals surface area (Å²) in [7, 11) is -3.09. The van der Waals surface area contributed by atoms with Crippen molar-refractivity contribution in [3.63, 3.8) is 0 Å². The number of nitrogens with zero attached hydrogens (tertiary/aromatic N) is 4. The van der Waals surface area contributed by atoms with Crippen LogP contribution in [0.3, 0.4) is 0 Å². The third kappa shape index (κ3) is 3.14. The molecule has 2 atom stereocenters. The Balaban J connectivity index is 1.84. The summed E-state index contributed by atoms with van der Waals surface area (Å²) in [5.74, 6) is 0.0728. The number of fused-ring (bicyclic) bond motifs is 1. The molecule has 1 aromatic rings. The van der Waals surface area contributed by atoms with E-state index in [1.165, 1.54) is 0 Å². The summed E-state index contributed by atoms with van der Waals surface area (Å²) in [5.41, 5.74) is 0.402. The Kier molecular flexibility index (Phi) is 4.46. The van der Waals surface area contributed by atoms with Crippen LogP contribution >= 0.6 is 0 Å². The van der Waals surface area contributed by atoms with Gasteiger partial charge in [-0.25, -0.2) is 8.42 Å². The number of carbonyl (C=O) groups excluding carboxylic acids is 1. The molecular weight excluding hydrogens is 316 g/mol. The second kappa shape index (κ2) is 6.24. The predicted octanol–water partition coefficient (Wildman–Crippen LogP) is 0.236. The zero-order chi connectivity index (χ0) is 16.6. The highest BCUT2D eigenvalue weighted by Crippen LogP contribution is 2.28. The maximum absolute atomic E-state index is 12.8. The van der Waals surface area contributed by atoms with Gasteiger partial charge in [-0.3, -0.25) is 14.4 Å². The van der Waals surface area contributed by atoms with Crippen molar-refractivity contribution in [2.45, 2.75) is 38.9 Å². The Morgan fingerprint density at radius 1 is 1.26 bits per heavy atom. The van der Waals surface area contributed by atoms with E-state index in [1.54, 1.807) is 21.8 Å². The quantitative estimate of drug-likeness (QED) is 0.785. The third-order valence-electron chi connectivity index (χ3n) is 4.75. The number of hydrogen-bond acceptors (Lipinski definition) is 5. The van der Waals surface area contributed by atoms with Gasteiger partial charge in [0.25, 0.3) is 5.91 Å². The summed E-state index contributed by atoms with van der Waals surface area (Å²) in [6.45, 7) is 6.93. The largest absolute Gasteiger partial charge is 0.330 e. The average Bonchev–Trinajstić information content (AvgIpc) is 3.10. The van der Waals surface area contributed by atoms with Crippen molar-refractivity contribution in [3.05, 3.63) is 18.0 Å². The number of hydrogen-bond donors (Lipinski definition) is 0. The smallest absolute Gasteiger partial charge is 0.274 e. The molecule has 8 heteroatoms. The molecule has 1 amide bonds. The van der Waals surface area contributed by atoms with Crippen LogP contribution in [0, 0.1) is 0 Å². The first-order chi connectivity index (χ1) is 10.9. The number of sulfone groups is 1. The van der Waals surface area contributed by atoms with Crippen molar-refractivity contribution in [1.29, 1.82) is 0 Å². The van der Waals surface area contributed by atoms with Gasteiger partial charge in [0, 0.05) is 31.9 Å². The summed E-state index contributed by atoms with van der Waals surface area (Å²) in [6, 6.07) is 1.38. The van der Waals surface area contributed by atoms with E-state index in [4.69, 9.17) is 0 Å². The molecule has 0 saturated carbocycles. The van der Waals surface area contributed by atoms with Gasteiger partial charge >= 0.3 is 0 Å². The number of carbonyl (C=O) groups is 1. The van der Waals surface area contributed by atoms with Crippen LogP contribution in [0.15, 0.2) is 12.3 Å². The van der Waals surface area contributed by atoms with E-state index in [1.807, 2.05) is 6.92 Å². The monoisotopic (exact) mass is 340 g/mol. The van der Waals surface area contributed by atoms with Crippen LogP contribution < -0.4 is 0 Å². The first kappa shape index (κ1) is 16.4. The topological polar surface area (TPSA) is 75.5 Å². The van der Waals surface area contributed by atoms with E-state index in [2.05, 4.69) is 16.9 Å². The molecule has 128 valence electrons. The van der Waals surface area contributed by atoms with Crippen LogP contribution in [-0.4, -0.2) is 77.1 Å². The maximum Gasteiger partial charge on any atom is 0.274 e. The van der Waals surface area contributed by atoms with Crippen LogP contribution in [-0.2, 0) is 16.4 Å². The van der Waals surface area contributed by atoms with Gasteiger partial charge < -0.3 is 4.90 Å². The van der Waals surface area contributed by atoms with Gasteiger partial charge in [0.15, 0.2) is 9.84 Å². The second-order valence-electron chi connectivity index (χ2n) is 6.30. The molecule has 2 saturated heterocycles. The first-order valence-corrected chi connectivity index (χ1v) is 10.1. The lowest BCUT2D eigenvalue weighted by Gasteiger charge is -2.43. The van der Waals surface area contributed by atoms with Crippen LogP contribution in [0.1, 0.15) is 30.8 Å². The van der Waals surface area contributed by atoms with E-state index < -0.39 is 9.84 Å². The van der Waals surface area contributed by atoms with Crippen molar-refractivity contribution in [1.82, 2.24) is 19.6 Å². The highest BCUT2D eigenvalue weighted by Gasteiger charge is 2.48. The van der Waals surface area contributed by atoms with Crippen LogP contribution in [0.25, 0.3) is 0 Å². The minimum Gasteiger partial charge on any atom is -0.330 e. The molecule has 0 bridgehead atoms. The van der Waals surface area contributed by atoms with Gasteiger partial charge in [-0.1, -0.05) is 6.92 Å². The molecule has 1 aromatic heterocycles. The lowest BCUT2D eigenvalue weighted by Crippen LogP contribution is -2.60. The van der Waals surface area contributed by atoms with Crippen molar-refractivity contribution in [2.24, 2.45) is 0 Å². The SMILES string of the molecule is CCCN1CCN(C(=O)c2ccn(CC)n2)[C@H]2CS(=O)(=O)C[C@H]21. The third-order valence-corrected chi connectivity index (χ3v) is 6.45. The molecule has 0 N–H and O–H groups in total. The fraction of sp³-hybridized carbons (Fsp3) is 0.733. The lowest BCUT2D eigenvalue weighted by atomic mass is 10.0. The number of piperazine rings is 1. The van der Waals surface area contributed by atoms with Crippen molar-refractivity contribution < 1.29 is 13.2 Å². The summed E-state index contributed by atoms with van der Waals surface area (Å²) in [6.07, 6.45) is 2.77. The summed E-state index contributed by atoms with van der Waals surface area (Å²) < 4.78 is 25.9. The van der Waals surface area contributed by atoms with E-state index in [9.17, 15) is 13.2 Å². The summed E-state index contributed by atoms with van der Waals surface area (Å²) >= 11 is 0. The number of amides is 1. The second-order valence-corrected chi connectivity index (χ2v) is 8.46. The fourth-order valence-electron chi connectivity index (χ4n) is 3.64. The van der Waals surface area contributed by atoms with Crippen LogP contribution in [0.4, 0.5) is 0 Å². The summed E-state index contributed by atoms with van der Waals surface area (Å²) in [4.78, 5) is 16.7. The van der Waals surface area contributed by atoms with Crippen molar-refractivity contribution >= 4 is 15.7 Å². The Morgan fingerprint density at radius 2 is 2.00 bits per heavy atom. The van der Waals surface area contributed by atoms with E-state index >= 15 is 0 Å². The molecule has 2 aliphatic heterocycles. The van der Waals surface area contributed by atoms with Crippen molar-refractivity contribution in [2.75, 3.05) is 31.1 Å². The minimum atomic E-state index is -3.09. The molecule has 0 aliphatic carbocycles. The molecule has 2 fully saturated rings. The Bertz CT molecular complexity index is 685. The van der Waals surface area contributed by atoms with E-state index in [-0.39, 0.29) is 29.5 Å². The standard InChI is InChI=1S/C15H24N4O3S/c1-3-6-17-8-9-19(14-11-23(21,22)10-13(14)17)15(20)12-5-7-18(4-2)16-12/h5,7,13-14H,3-4,6,8-11H2,1-2H3/t13-,14+/m1/s1. The van der Waals surface area contributed by atoms with E-state index in [0.717, 1.165) is 19.5 Å². The molecule has 3 rings (SSSR count). The number of rotatable bonds is 4. The minimum absolute atomic E-state index is 0.0676. The Morgan fingerprint density at radius 3 is 2.65 bits per heavy atom. The van der Waals surface area contributed by atoms with Crippen LogP contribution in [0.5, 0.6) is 0 Å². The summed E-state index contributed by atoms with van der Waals surface area (Å²) in [5, 5.41) is 4.27. The van der Waals surface area contributed by atoms with Gasteiger partial charge in [0.1, 0.15) is 5.69 Å².